The first-order valence-electron chi connectivity index (χ1n) is 9.39. The molecule has 2 aliphatic heterocycles. The summed E-state index contributed by atoms with van der Waals surface area (Å²) in [6, 6.07) is 9.82. The normalized spacial score (nSPS) is 24.5. The third-order valence-corrected chi connectivity index (χ3v) is 5.41. The SMILES string of the molecule is CCCOc1ccc(CCC(=O)N(C)C2CC3CCC(C2)N3)cc1.Cl. The summed E-state index contributed by atoms with van der Waals surface area (Å²) in [5.74, 6) is 1.18. The number of fused-ring (bicyclic) bond motifs is 2. The molecule has 1 N–H and O–H groups in total. The van der Waals surface area contributed by atoms with E-state index in [9.17, 15) is 4.79 Å². The Morgan fingerprint density at radius 2 is 1.84 bits per heavy atom. The quantitative estimate of drug-likeness (QED) is 0.802. The molecule has 2 aliphatic rings. The fraction of sp³-hybridized carbons (Fsp3) is 0.650. The molecule has 25 heavy (non-hydrogen) atoms. The standard InChI is InChI=1S/C20H30N2O2.ClH/c1-3-12-24-19-9-4-15(5-10-19)6-11-20(23)22(2)18-13-16-7-8-17(14-18)21-16;/h4-5,9-10,16-18,21H,3,6-8,11-14H2,1-2H3;1H. The summed E-state index contributed by atoms with van der Waals surface area (Å²) in [6.07, 6.45) is 7.18. The lowest BCUT2D eigenvalue weighted by Gasteiger charge is -2.35. The number of hydrogen-bond acceptors (Lipinski definition) is 3. The summed E-state index contributed by atoms with van der Waals surface area (Å²) in [5, 5.41) is 3.64. The average Bonchev–Trinajstić information content (AvgIpc) is 2.96. The van der Waals surface area contributed by atoms with Gasteiger partial charge in [0.05, 0.1) is 6.61 Å². The van der Waals surface area contributed by atoms with Crippen LogP contribution in [0.15, 0.2) is 24.3 Å². The summed E-state index contributed by atoms with van der Waals surface area (Å²) in [4.78, 5) is 14.5. The number of piperidine rings is 1. The summed E-state index contributed by atoms with van der Waals surface area (Å²) >= 11 is 0. The van der Waals surface area contributed by atoms with E-state index < -0.39 is 0 Å². The van der Waals surface area contributed by atoms with Gasteiger partial charge < -0.3 is 15.0 Å². The number of aryl methyl sites for hydroxylation is 1. The molecule has 140 valence electrons. The largest absolute Gasteiger partial charge is 0.494 e. The second-order valence-electron chi connectivity index (χ2n) is 7.26. The molecule has 5 heteroatoms. The molecule has 2 fully saturated rings. The first-order chi connectivity index (χ1) is 11.7. The third kappa shape index (κ3) is 5.35. The molecular weight excluding hydrogens is 336 g/mol. The Balaban J connectivity index is 0.00000225. The van der Waals surface area contributed by atoms with E-state index in [0.717, 1.165) is 38.0 Å². The highest BCUT2D eigenvalue weighted by Gasteiger charge is 2.36. The van der Waals surface area contributed by atoms with Gasteiger partial charge in [-0.1, -0.05) is 19.1 Å². The van der Waals surface area contributed by atoms with E-state index in [4.69, 9.17) is 4.74 Å². The molecule has 1 aromatic rings. The van der Waals surface area contributed by atoms with Crippen LogP contribution in [0, 0.1) is 0 Å². The number of benzene rings is 1. The van der Waals surface area contributed by atoms with Crippen LogP contribution in [0.3, 0.4) is 0 Å². The van der Waals surface area contributed by atoms with E-state index in [0.29, 0.717) is 24.5 Å². The van der Waals surface area contributed by atoms with Crippen molar-refractivity contribution in [2.24, 2.45) is 0 Å². The highest BCUT2D eigenvalue weighted by molar-refractivity contribution is 5.85. The van der Waals surface area contributed by atoms with Gasteiger partial charge in [0.15, 0.2) is 0 Å². The molecule has 3 rings (SSSR count). The Morgan fingerprint density at radius 1 is 1.20 bits per heavy atom. The Kier molecular flexibility index (Phi) is 7.57. The van der Waals surface area contributed by atoms with Gasteiger partial charge >= 0.3 is 0 Å². The molecule has 1 amide bonds. The van der Waals surface area contributed by atoms with Gasteiger partial charge in [0, 0.05) is 31.6 Å². The minimum absolute atomic E-state index is 0. The molecule has 0 radical (unpaired) electrons. The average molecular weight is 367 g/mol. The van der Waals surface area contributed by atoms with Crippen molar-refractivity contribution in [3.63, 3.8) is 0 Å². The molecule has 0 saturated carbocycles. The molecule has 2 atom stereocenters. The Bertz CT molecular complexity index is 537. The number of rotatable bonds is 7. The van der Waals surface area contributed by atoms with E-state index in [-0.39, 0.29) is 18.3 Å². The minimum atomic E-state index is 0. The first-order valence-corrected chi connectivity index (χ1v) is 9.39. The van der Waals surface area contributed by atoms with Gasteiger partial charge in [0.2, 0.25) is 5.91 Å². The maximum absolute atomic E-state index is 12.5. The van der Waals surface area contributed by atoms with Crippen LogP contribution < -0.4 is 10.1 Å². The molecule has 2 heterocycles. The van der Waals surface area contributed by atoms with Crippen LogP contribution in [-0.4, -0.2) is 42.6 Å². The predicted molar refractivity (Wildman–Crippen MR) is 104 cm³/mol. The lowest BCUT2D eigenvalue weighted by Crippen LogP contribution is -2.48. The number of ether oxygens (including phenoxy) is 1. The zero-order valence-electron chi connectivity index (χ0n) is 15.4. The predicted octanol–water partition coefficient (Wildman–Crippen LogP) is 3.57. The second kappa shape index (κ2) is 9.44. The van der Waals surface area contributed by atoms with Crippen molar-refractivity contribution >= 4 is 18.3 Å². The Hall–Kier alpha value is -1.26. The highest BCUT2D eigenvalue weighted by atomic mass is 35.5. The van der Waals surface area contributed by atoms with E-state index in [1.165, 1.54) is 18.4 Å². The van der Waals surface area contributed by atoms with Gasteiger partial charge in [0.1, 0.15) is 5.75 Å². The van der Waals surface area contributed by atoms with Crippen molar-refractivity contribution in [1.82, 2.24) is 10.2 Å². The Morgan fingerprint density at radius 3 is 2.44 bits per heavy atom. The minimum Gasteiger partial charge on any atom is -0.494 e. The fourth-order valence-corrected chi connectivity index (χ4v) is 3.95. The zero-order valence-corrected chi connectivity index (χ0v) is 16.2. The zero-order chi connectivity index (χ0) is 16.9. The van der Waals surface area contributed by atoms with Crippen LogP contribution in [0.2, 0.25) is 0 Å². The first kappa shape index (κ1) is 20.1. The van der Waals surface area contributed by atoms with E-state index in [2.05, 4.69) is 24.4 Å². The Labute approximate surface area is 157 Å². The summed E-state index contributed by atoms with van der Waals surface area (Å²) < 4.78 is 5.60. The van der Waals surface area contributed by atoms with Crippen LogP contribution in [0.1, 0.15) is 51.0 Å². The number of carbonyl (C=O) groups excluding carboxylic acids is 1. The van der Waals surface area contributed by atoms with Gasteiger partial charge in [0.25, 0.3) is 0 Å². The summed E-state index contributed by atoms with van der Waals surface area (Å²) in [5.41, 5.74) is 1.20. The molecular formula is C20H31ClN2O2. The lowest BCUT2D eigenvalue weighted by atomic mass is 9.98. The maximum Gasteiger partial charge on any atom is 0.222 e. The molecule has 2 bridgehead atoms. The number of amides is 1. The smallest absolute Gasteiger partial charge is 0.222 e. The van der Waals surface area contributed by atoms with Crippen molar-refractivity contribution in [3.8, 4) is 5.75 Å². The van der Waals surface area contributed by atoms with E-state index in [1.54, 1.807) is 0 Å². The fourth-order valence-electron chi connectivity index (χ4n) is 3.95. The van der Waals surface area contributed by atoms with Crippen molar-refractivity contribution in [1.29, 1.82) is 0 Å². The van der Waals surface area contributed by atoms with Crippen molar-refractivity contribution in [2.45, 2.75) is 70.0 Å². The molecule has 0 aromatic heterocycles. The van der Waals surface area contributed by atoms with Crippen LogP contribution in [0.5, 0.6) is 5.75 Å². The summed E-state index contributed by atoms with van der Waals surface area (Å²) in [6.45, 7) is 2.85. The molecule has 4 nitrogen and oxygen atoms in total. The highest BCUT2D eigenvalue weighted by Crippen LogP contribution is 2.29. The molecule has 2 unspecified atom stereocenters. The van der Waals surface area contributed by atoms with Crippen LogP contribution in [-0.2, 0) is 11.2 Å². The number of nitrogens with one attached hydrogen (secondary N) is 1. The molecule has 2 saturated heterocycles. The molecule has 0 aliphatic carbocycles. The van der Waals surface area contributed by atoms with Gasteiger partial charge in [-0.2, -0.15) is 0 Å². The van der Waals surface area contributed by atoms with Gasteiger partial charge in [-0.15, -0.1) is 12.4 Å². The monoisotopic (exact) mass is 366 g/mol. The van der Waals surface area contributed by atoms with E-state index >= 15 is 0 Å². The van der Waals surface area contributed by atoms with Crippen LogP contribution >= 0.6 is 12.4 Å². The second-order valence-corrected chi connectivity index (χ2v) is 7.26. The van der Waals surface area contributed by atoms with E-state index in [1.807, 2.05) is 24.1 Å². The molecule has 0 spiro atoms. The number of carbonyl (C=O) groups is 1. The lowest BCUT2D eigenvalue weighted by molar-refractivity contribution is -0.132. The number of hydrogen-bond donors (Lipinski definition) is 1. The van der Waals surface area contributed by atoms with Gasteiger partial charge in [-0.3, -0.25) is 4.79 Å². The number of nitrogens with zero attached hydrogens (tertiary/aromatic N) is 1. The van der Waals surface area contributed by atoms with Crippen molar-refractivity contribution in [3.05, 3.63) is 29.8 Å². The maximum atomic E-state index is 12.5. The van der Waals surface area contributed by atoms with Gasteiger partial charge in [-0.25, -0.2) is 0 Å². The number of halogens is 1. The van der Waals surface area contributed by atoms with Crippen molar-refractivity contribution < 1.29 is 9.53 Å². The topological polar surface area (TPSA) is 41.6 Å². The summed E-state index contributed by atoms with van der Waals surface area (Å²) in [7, 11) is 1.99. The third-order valence-electron chi connectivity index (χ3n) is 5.41. The van der Waals surface area contributed by atoms with Crippen LogP contribution in [0.25, 0.3) is 0 Å². The van der Waals surface area contributed by atoms with Crippen molar-refractivity contribution in [2.75, 3.05) is 13.7 Å². The van der Waals surface area contributed by atoms with Crippen LogP contribution in [0.4, 0.5) is 0 Å². The van der Waals surface area contributed by atoms with Gasteiger partial charge in [-0.05, 0) is 56.2 Å². The molecule has 1 aromatic carbocycles.